The molecule has 0 radical (unpaired) electrons. The Labute approximate surface area is 148 Å². The van der Waals surface area contributed by atoms with E-state index in [4.69, 9.17) is 9.47 Å². The van der Waals surface area contributed by atoms with Crippen LogP contribution in [0.15, 0.2) is 60.7 Å². The first-order valence-electron chi connectivity index (χ1n) is 8.45. The minimum Gasteiger partial charge on any atom is -0.497 e. The molecule has 1 heterocycles. The first-order chi connectivity index (χ1) is 12.2. The zero-order chi connectivity index (χ0) is 17.6. The number of allylic oxidation sites excluding steroid dienone is 1. The van der Waals surface area contributed by atoms with Gasteiger partial charge in [0, 0.05) is 6.54 Å². The molecule has 3 rings (SSSR count). The van der Waals surface area contributed by atoms with Crippen molar-refractivity contribution in [3.05, 3.63) is 71.8 Å². The van der Waals surface area contributed by atoms with Crippen LogP contribution in [0.25, 0.3) is 0 Å². The third kappa shape index (κ3) is 4.02. The van der Waals surface area contributed by atoms with Gasteiger partial charge in [-0.15, -0.1) is 0 Å². The number of methoxy groups -OCH3 is 2. The van der Waals surface area contributed by atoms with Crippen molar-refractivity contribution >= 4 is 5.91 Å². The molecule has 0 spiro atoms. The molecule has 2 aromatic carbocycles. The largest absolute Gasteiger partial charge is 0.497 e. The topological polar surface area (TPSA) is 38.8 Å². The normalized spacial score (nSPS) is 17.3. The summed E-state index contributed by atoms with van der Waals surface area (Å²) in [4.78, 5) is 14.6. The molecule has 130 valence electrons. The smallest absolute Gasteiger partial charge is 0.247 e. The van der Waals surface area contributed by atoms with Gasteiger partial charge in [0.2, 0.25) is 5.91 Å². The molecule has 1 amide bonds. The maximum Gasteiger partial charge on any atom is 0.247 e. The van der Waals surface area contributed by atoms with Crippen LogP contribution < -0.4 is 9.47 Å². The Morgan fingerprint density at radius 2 is 1.56 bits per heavy atom. The van der Waals surface area contributed by atoms with Gasteiger partial charge in [-0.25, -0.2) is 0 Å². The third-order valence-electron chi connectivity index (χ3n) is 4.54. The van der Waals surface area contributed by atoms with E-state index in [1.807, 2.05) is 59.5 Å². The van der Waals surface area contributed by atoms with Gasteiger partial charge in [-0.2, -0.15) is 0 Å². The second-order valence-corrected chi connectivity index (χ2v) is 6.08. The molecule has 0 aromatic heterocycles. The molecule has 1 aliphatic heterocycles. The minimum absolute atomic E-state index is 0.0501. The summed E-state index contributed by atoms with van der Waals surface area (Å²) in [7, 11) is 3.31. The highest BCUT2D eigenvalue weighted by Crippen LogP contribution is 2.31. The van der Waals surface area contributed by atoms with Crippen molar-refractivity contribution < 1.29 is 14.3 Å². The van der Waals surface area contributed by atoms with Crippen molar-refractivity contribution in [2.24, 2.45) is 0 Å². The summed E-state index contributed by atoms with van der Waals surface area (Å²) >= 11 is 0. The first-order valence-corrected chi connectivity index (χ1v) is 8.45. The molecule has 1 atom stereocenters. The lowest BCUT2D eigenvalue weighted by atomic mass is 10.00. The van der Waals surface area contributed by atoms with Crippen molar-refractivity contribution in [2.75, 3.05) is 14.2 Å². The standard InChI is InChI=1S/C21H23NO3/c1-24-18-11-7-16(8-12-18)15-22-20(5-3-4-6-21(22)23)17-9-13-19(25-2)14-10-17/h4,6-14,20H,3,5,15H2,1-2H3/t20-/m1/s1. The van der Waals surface area contributed by atoms with Crippen molar-refractivity contribution in [1.82, 2.24) is 4.90 Å². The summed E-state index contributed by atoms with van der Waals surface area (Å²) in [5.41, 5.74) is 2.22. The number of ether oxygens (including phenoxy) is 2. The van der Waals surface area contributed by atoms with E-state index in [-0.39, 0.29) is 11.9 Å². The van der Waals surface area contributed by atoms with Crippen molar-refractivity contribution in [3.8, 4) is 11.5 Å². The van der Waals surface area contributed by atoms with Crippen LogP contribution in [0.3, 0.4) is 0 Å². The summed E-state index contributed by atoms with van der Waals surface area (Å²) in [5, 5.41) is 0. The number of hydrogen-bond donors (Lipinski definition) is 0. The maximum absolute atomic E-state index is 12.6. The number of benzene rings is 2. The summed E-state index contributed by atoms with van der Waals surface area (Å²) < 4.78 is 10.5. The molecule has 0 aliphatic carbocycles. The van der Waals surface area contributed by atoms with Gasteiger partial charge < -0.3 is 14.4 Å². The first kappa shape index (κ1) is 17.1. The molecule has 0 fully saturated rings. The maximum atomic E-state index is 12.6. The van der Waals surface area contributed by atoms with Crippen LogP contribution in [-0.4, -0.2) is 25.0 Å². The number of nitrogens with zero attached hydrogens (tertiary/aromatic N) is 1. The molecule has 0 bridgehead atoms. The van der Waals surface area contributed by atoms with Crippen LogP contribution in [-0.2, 0) is 11.3 Å². The third-order valence-corrected chi connectivity index (χ3v) is 4.54. The van der Waals surface area contributed by atoms with Gasteiger partial charge in [0.1, 0.15) is 11.5 Å². The van der Waals surface area contributed by atoms with E-state index in [1.54, 1.807) is 20.3 Å². The van der Waals surface area contributed by atoms with Crippen LogP contribution in [0, 0.1) is 0 Å². The highest BCUT2D eigenvalue weighted by Gasteiger charge is 2.25. The Hall–Kier alpha value is -2.75. The lowest BCUT2D eigenvalue weighted by molar-refractivity contribution is -0.129. The van der Waals surface area contributed by atoms with Gasteiger partial charge in [-0.3, -0.25) is 4.79 Å². The van der Waals surface area contributed by atoms with Crippen LogP contribution >= 0.6 is 0 Å². The molecule has 0 unspecified atom stereocenters. The quantitative estimate of drug-likeness (QED) is 0.824. The van der Waals surface area contributed by atoms with Crippen LogP contribution in [0.5, 0.6) is 11.5 Å². The van der Waals surface area contributed by atoms with Gasteiger partial charge in [0.05, 0.1) is 20.3 Å². The second kappa shape index (κ2) is 7.88. The van der Waals surface area contributed by atoms with Gasteiger partial charge in [0.25, 0.3) is 0 Å². The Morgan fingerprint density at radius 1 is 0.960 bits per heavy atom. The van der Waals surface area contributed by atoms with Crippen LogP contribution in [0.4, 0.5) is 0 Å². The molecule has 2 aromatic rings. The molecule has 4 heteroatoms. The van der Waals surface area contributed by atoms with E-state index < -0.39 is 0 Å². The number of hydrogen-bond acceptors (Lipinski definition) is 3. The minimum atomic E-state index is 0.0501. The van der Waals surface area contributed by atoms with E-state index in [0.717, 1.165) is 35.5 Å². The molecule has 0 N–H and O–H groups in total. The van der Waals surface area contributed by atoms with Crippen LogP contribution in [0.1, 0.15) is 30.0 Å². The predicted molar refractivity (Wildman–Crippen MR) is 97.7 cm³/mol. The highest BCUT2D eigenvalue weighted by atomic mass is 16.5. The van der Waals surface area contributed by atoms with E-state index in [0.29, 0.717) is 6.54 Å². The number of amides is 1. The van der Waals surface area contributed by atoms with E-state index in [2.05, 4.69) is 0 Å². The Bertz CT molecular complexity index is 735. The molecule has 1 aliphatic rings. The SMILES string of the molecule is COc1ccc(CN2C(=O)C=CCC[C@@H]2c2ccc(OC)cc2)cc1. The zero-order valence-corrected chi connectivity index (χ0v) is 14.6. The average Bonchev–Trinajstić information content (AvgIpc) is 2.84. The van der Waals surface area contributed by atoms with E-state index >= 15 is 0 Å². The average molecular weight is 337 g/mol. The van der Waals surface area contributed by atoms with Gasteiger partial charge >= 0.3 is 0 Å². The van der Waals surface area contributed by atoms with Crippen molar-refractivity contribution in [3.63, 3.8) is 0 Å². The molecule has 25 heavy (non-hydrogen) atoms. The molecule has 0 saturated heterocycles. The molecule has 4 nitrogen and oxygen atoms in total. The fraction of sp³-hybridized carbons (Fsp3) is 0.286. The fourth-order valence-corrected chi connectivity index (χ4v) is 3.13. The lowest BCUT2D eigenvalue weighted by Gasteiger charge is -2.30. The van der Waals surface area contributed by atoms with Gasteiger partial charge in [0.15, 0.2) is 0 Å². The summed E-state index contributed by atoms with van der Waals surface area (Å²) in [6.45, 7) is 0.573. The van der Waals surface area contributed by atoms with E-state index in [9.17, 15) is 4.79 Å². The molecular weight excluding hydrogens is 314 g/mol. The Balaban J connectivity index is 1.86. The van der Waals surface area contributed by atoms with Gasteiger partial charge in [-0.1, -0.05) is 30.3 Å². The fourth-order valence-electron chi connectivity index (χ4n) is 3.13. The Kier molecular flexibility index (Phi) is 5.39. The summed E-state index contributed by atoms with van der Waals surface area (Å²) in [6.07, 6.45) is 5.45. The zero-order valence-electron chi connectivity index (χ0n) is 14.6. The van der Waals surface area contributed by atoms with Crippen molar-refractivity contribution in [1.29, 1.82) is 0 Å². The highest BCUT2D eigenvalue weighted by molar-refractivity contribution is 5.88. The number of carbonyl (C=O) groups is 1. The molecular formula is C21H23NO3. The second-order valence-electron chi connectivity index (χ2n) is 6.08. The monoisotopic (exact) mass is 337 g/mol. The number of rotatable bonds is 5. The summed E-state index contributed by atoms with van der Waals surface area (Å²) in [6, 6.07) is 15.9. The molecule has 0 saturated carbocycles. The summed E-state index contributed by atoms with van der Waals surface area (Å²) in [5.74, 6) is 1.69. The lowest BCUT2D eigenvalue weighted by Crippen LogP contribution is -2.32. The predicted octanol–water partition coefficient (Wildman–Crippen LogP) is 4.12. The van der Waals surface area contributed by atoms with Crippen molar-refractivity contribution in [2.45, 2.75) is 25.4 Å². The van der Waals surface area contributed by atoms with E-state index in [1.165, 1.54) is 0 Å². The van der Waals surface area contributed by atoms with Crippen LogP contribution in [0.2, 0.25) is 0 Å². The Morgan fingerprint density at radius 3 is 2.16 bits per heavy atom. The number of carbonyl (C=O) groups excluding carboxylic acids is 1. The van der Waals surface area contributed by atoms with Gasteiger partial charge in [-0.05, 0) is 54.3 Å².